The van der Waals surface area contributed by atoms with E-state index in [1.165, 1.54) is 7.05 Å². The summed E-state index contributed by atoms with van der Waals surface area (Å²) in [4.78, 5) is 36.8. The van der Waals surface area contributed by atoms with Gasteiger partial charge in [0.2, 0.25) is 11.8 Å². The number of hydrogen-bond acceptors (Lipinski definition) is 3. The van der Waals surface area contributed by atoms with Crippen molar-refractivity contribution in [3.63, 3.8) is 0 Å². The number of carbonyl (C=O) groups excluding carboxylic acids is 3. The highest BCUT2D eigenvalue weighted by molar-refractivity contribution is 5.95. The van der Waals surface area contributed by atoms with E-state index < -0.39 is 0 Å². The number of rotatable bonds is 4. The maximum atomic E-state index is 12.1. The molecule has 0 aliphatic carbocycles. The Morgan fingerprint density at radius 3 is 2.35 bits per heavy atom. The van der Waals surface area contributed by atoms with Gasteiger partial charge in [0.05, 0.1) is 6.54 Å². The topological polar surface area (TPSA) is 90.5 Å². The standard InChI is InChI=1S/C16H22N4O3/c1-17-16(23)19-13-8-6-12(7-9-13)18-14(21)11-20-10-4-2-3-5-15(20)22/h6-9H,2-5,10-11H2,1H3,(H,18,21)(H2,17,19,23). The average molecular weight is 318 g/mol. The lowest BCUT2D eigenvalue weighted by Gasteiger charge is -2.19. The highest BCUT2D eigenvalue weighted by Crippen LogP contribution is 2.14. The maximum absolute atomic E-state index is 12.1. The number of benzene rings is 1. The molecule has 1 aliphatic rings. The van der Waals surface area contributed by atoms with Crippen LogP contribution in [0.3, 0.4) is 0 Å². The van der Waals surface area contributed by atoms with Crippen LogP contribution in [0.25, 0.3) is 0 Å². The van der Waals surface area contributed by atoms with Gasteiger partial charge in [0.1, 0.15) is 0 Å². The lowest BCUT2D eigenvalue weighted by molar-refractivity contribution is -0.134. The quantitative estimate of drug-likeness (QED) is 0.790. The molecule has 1 fully saturated rings. The van der Waals surface area contributed by atoms with Gasteiger partial charge in [0, 0.05) is 31.4 Å². The van der Waals surface area contributed by atoms with Gasteiger partial charge in [-0.25, -0.2) is 4.79 Å². The number of urea groups is 1. The summed E-state index contributed by atoms with van der Waals surface area (Å²) in [6.45, 7) is 0.721. The first-order valence-electron chi connectivity index (χ1n) is 7.75. The molecule has 4 amide bonds. The highest BCUT2D eigenvalue weighted by atomic mass is 16.2. The van der Waals surface area contributed by atoms with Gasteiger partial charge in [-0.1, -0.05) is 6.42 Å². The van der Waals surface area contributed by atoms with E-state index in [0.717, 1.165) is 19.3 Å². The molecule has 0 saturated carbocycles. The fourth-order valence-electron chi connectivity index (χ4n) is 2.41. The molecule has 23 heavy (non-hydrogen) atoms. The minimum atomic E-state index is -0.304. The first kappa shape index (κ1) is 16.8. The Balaban J connectivity index is 1.87. The summed E-state index contributed by atoms with van der Waals surface area (Å²) in [5.41, 5.74) is 1.25. The van der Waals surface area contributed by atoms with Crippen LogP contribution < -0.4 is 16.0 Å². The van der Waals surface area contributed by atoms with Crippen molar-refractivity contribution in [1.29, 1.82) is 0 Å². The Bertz CT molecular complexity index is 571. The molecule has 7 nitrogen and oxygen atoms in total. The Labute approximate surface area is 135 Å². The molecule has 0 atom stereocenters. The third-order valence-corrected chi connectivity index (χ3v) is 3.66. The van der Waals surface area contributed by atoms with Gasteiger partial charge in [0.15, 0.2) is 0 Å². The Morgan fingerprint density at radius 1 is 1.04 bits per heavy atom. The lowest BCUT2D eigenvalue weighted by atomic mass is 10.2. The minimum Gasteiger partial charge on any atom is -0.341 e. The van der Waals surface area contributed by atoms with E-state index in [0.29, 0.717) is 24.3 Å². The number of anilines is 2. The summed E-state index contributed by atoms with van der Waals surface area (Å²) < 4.78 is 0. The number of likely N-dealkylation sites (tertiary alicyclic amines) is 1. The largest absolute Gasteiger partial charge is 0.341 e. The van der Waals surface area contributed by atoms with Crippen LogP contribution in [-0.4, -0.2) is 42.9 Å². The van der Waals surface area contributed by atoms with Crippen LogP contribution in [0.5, 0.6) is 0 Å². The molecule has 1 aliphatic heterocycles. The zero-order valence-corrected chi connectivity index (χ0v) is 13.2. The van der Waals surface area contributed by atoms with Gasteiger partial charge in [-0.2, -0.15) is 0 Å². The van der Waals surface area contributed by atoms with E-state index in [1.807, 2.05) is 0 Å². The van der Waals surface area contributed by atoms with E-state index in [-0.39, 0.29) is 24.4 Å². The molecule has 0 spiro atoms. The second-order valence-corrected chi connectivity index (χ2v) is 5.46. The molecule has 1 aromatic rings. The van der Waals surface area contributed by atoms with Gasteiger partial charge in [-0.05, 0) is 37.1 Å². The molecule has 3 N–H and O–H groups in total. The molecule has 0 unspecified atom stereocenters. The number of nitrogens with zero attached hydrogens (tertiary/aromatic N) is 1. The smallest absolute Gasteiger partial charge is 0.318 e. The fourth-order valence-corrected chi connectivity index (χ4v) is 2.41. The van der Waals surface area contributed by atoms with E-state index >= 15 is 0 Å². The molecule has 1 aromatic carbocycles. The van der Waals surface area contributed by atoms with E-state index in [4.69, 9.17) is 0 Å². The zero-order chi connectivity index (χ0) is 16.7. The van der Waals surface area contributed by atoms with Crippen LogP contribution in [0.2, 0.25) is 0 Å². The van der Waals surface area contributed by atoms with Crippen molar-refractivity contribution in [2.45, 2.75) is 25.7 Å². The van der Waals surface area contributed by atoms with Gasteiger partial charge < -0.3 is 20.9 Å². The number of carbonyl (C=O) groups is 3. The molecule has 124 valence electrons. The molecular weight excluding hydrogens is 296 g/mol. The summed E-state index contributed by atoms with van der Waals surface area (Å²) in [6.07, 6.45) is 3.40. The minimum absolute atomic E-state index is 0.0442. The molecular formula is C16H22N4O3. The monoisotopic (exact) mass is 318 g/mol. The van der Waals surface area contributed by atoms with Crippen molar-refractivity contribution in [1.82, 2.24) is 10.2 Å². The van der Waals surface area contributed by atoms with Crippen molar-refractivity contribution < 1.29 is 14.4 Å². The van der Waals surface area contributed by atoms with Crippen LogP contribution in [0, 0.1) is 0 Å². The predicted molar refractivity (Wildman–Crippen MR) is 88.2 cm³/mol. The van der Waals surface area contributed by atoms with E-state index in [9.17, 15) is 14.4 Å². The second-order valence-electron chi connectivity index (χ2n) is 5.46. The summed E-state index contributed by atoms with van der Waals surface area (Å²) in [7, 11) is 1.54. The van der Waals surface area contributed by atoms with E-state index in [1.54, 1.807) is 29.2 Å². The van der Waals surface area contributed by atoms with Crippen molar-refractivity contribution in [2.75, 3.05) is 30.8 Å². The Morgan fingerprint density at radius 2 is 1.70 bits per heavy atom. The van der Waals surface area contributed by atoms with Gasteiger partial charge in [-0.3, -0.25) is 9.59 Å². The highest BCUT2D eigenvalue weighted by Gasteiger charge is 2.19. The SMILES string of the molecule is CNC(=O)Nc1ccc(NC(=O)CN2CCCCCC2=O)cc1. The summed E-state index contributed by atoms with van der Waals surface area (Å²) >= 11 is 0. The maximum Gasteiger partial charge on any atom is 0.318 e. The van der Waals surface area contributed by atoms with Crippen molar-refractivity contribution in [3.05, 3.63) is 24.3 Å². The second kappa shape index (κ2) is 8.17. The molecule has 0 aromatic heterocycles. The third kappa shape index (κ3) is 5.28. The van der Waals surface area contributed by atoms with E-state index in [2.05, 4.69) is 16.0 Å². The normalized spacial score (nSPS) is 14.8. The first-order chi connectivity index (χ1) is 11.1. The third-order valence-electron chi connectivity index (χ3n) is 3.66. The van der Waals surface area contributed by atoms with Crippen molar-refractivity contribution >= 4 is 29.2 Å². The van der Waals surface area contributed by atoms with Crippen LogP contribution >= 0.6 is 0 Å². The number of amides is 4. The number of hydrogen-bond donors (Lipinski definition) is 3. The van der Waals surface area contributed by atoms with Gasteiger partial charge in [0.25, 0.3) is 0 Å². The summed E-state index contributed by atoms with van der Waals surface area (Å²) in [6, 6.07) is 6.49. The molecule has 0 bridgehead atoms. The molecule has 0 radical (unpaired) electrons. The summed E-state index contributed by atoms with van der Waals surface area (Å²) in [5.74, 6) is -0.171. The Hall–Kier alpha value is -2.57. The molecule has 7 heteroatoms. The average Bonchev–Trinajstić information content (AvgIpc) is 2.74. The molecule has 2 rings (SSSR count). The molecule has 1 heterocycles. The van der Waals surface area contributed by atoms with Crippen LogP contribution in [0.15, 0.2) is 24.3 Å². The fraction of sp³-hybridized carbons (Fsp3) is 0.438. The molecule has 1 saturated heterocycles. The summed E-state index contributed by atoms with van der Waals surface area (Å²) in [5, 5.41) is 7.86. The van der Waals surface area contributed by atoms with Crippen molar-refractivity contribution in [2.24, 2.45) is 0 Å². The van der Waals surface area contributed by atoms with Crippen molar-refractivity contribution in [3.8, 4) is 0 Å². The van der Waals surface area contributed by atoms with Gasteiger partial charge in [-0.15, -0.1) is 0 Å². The lowest BCUT2D eigenvalue weighted by Crippen LogP contribution is -2.37. The number of nitrogens with one attached hydrogen (secondary N) is 3. The van der Waals surface area contributed by atoms with Crippen LogP contribution in [-0.2, 0) is 9.59 Å². The van der Waals surface area contributed by atoms with Crippen LogP contribution in [0.1, 0.15) is 25.7 Å². The predicted octanol–water partition coefficient (Wildman–Crippen LogP) is 1.78. The zero-order valence-electron chi connectivity index (χ0n) is 13.2. The van der Waals surface area contributed by atoms with Crippen LogP contribution in [0.4, 0.5) is 16.2 Å². The first-order valence-corrected chi connectivity index (χ1v) is 7.75. The van der Waals surface area contributed by atoms with Gasteiger partial charge >= 0.3 is 6.03 Å². The Kier molecular flexibility index (Phi) is 5.96.